The Balaban J connectivity index is 1.60. The quantitative estimate of drug-likeness (QED) is 0.773. The molecular formula is C17H23N3O3. The molecule has 1 aromatic carbocycles. The number of hydrogen-bond acceptors (Lipinski definition) is 4. The molecule has 1 aromatic rings. The largest absolute Gasteiger partial charge is 0.368 e. The molecule has 1 saturated carbocycles. The van der Waals surface area contributed by atoms with Crippen LogP contribution in [0.5, 0.6) is 0 Å². The Morgan fingerprint density at radius 3 is 2.17 bits per heavy atom. The van der Waals surface area contributed by atoms with E-state index in [1.165, 1.54) is 0 Å². The summed E-state index contributed by atoms with van der Waals surface area (Å²) in [6.07, 6.45) is 3.28. The molecule has 2 aliphatic rings. The van der Waals surface area contributed by atoms with Gasteiger partial charge in [-0.25, -0.2) is 0 Å². The molecule has 2 fully saturated rings. The Labute approximate surface area is 136 Å². The second-order valence-electron chi connectivity index (χ2n) is 6.24. The van der Waals surface area contributed by atoms with E-state index in [1.807, 2.05) is 0 Å². The van der Waals surface area contributed by atoms with Gasteiger partial charge in [0.15, 0.2) is 0 Å². The first-order valence-electron chi connectivity index (χ1n) is 8.11. The molecule has 1 aliphatic heterocycles. The molecule has 0 aromatic heterocycles. The topological polar surface area (TPSA) is 79.5 Å². The zero-order valence-corrected chi connectivity index (χ0v) is 13.4. The minimum Gasteiger partial charge on any atom is -0.368 e. The minimum atomic E-state index is -0.760. The molecule has 6 nitrogen and oxygen atoms in total. The number of carbonyl (C=O) groups excluding carboxylic acids is 2. The first kappa shape index (κ1) is 16.0. The smallest absolute Gasteiger partial charge is 0.256 e. The molecule has 0 spiro atoms. The first-order chi connectivity index (χ1) is 11.1. The summed E-state index contributed by atoms with van der Waals surface area (Å²) in [6.45, 7) is 1.54. The van der Waals surface area contributed by atoms with Gasteiger partial charge in [-0.1, -0.05) is 0 Å². The van der Waals surface area contributed by atoms with Gasteiger partial charge in [0.25, 0.3) is 5.91 Å². The van der Waals surface area contributed by atoms with Crippen LogP contribution in [0.25, 0.3) is 0 Å². The highest BCUT2D eigenvalue weighted by Gasteiger charge is 2.39. The molecule has 0 unspecified atom stereocenters. The van der Waals surface area contributed by atoms with E-state index in [2.05, 4.69) is 16.0 Å². The molecule has 124 valence electrons. The maximum atomic E-state index is 12.5. The van der Waals surface area contributed by atoms with Crippen molar-refractivity contribution in [2.45, 2.75) is 31.3 Å². The number of ether oxygens (including phenoxy) is 1. The van der Waals surface area contributed by atoms with Gasteiger partial charge in [0, 0.05) is 24.4 Å². The molecule has 23 heavy (non-hydrogen) atoms. The van der Waals surface area contributed by atoms with Crippen molar-refractivity contribution < 1.29 is 14.3 Å². The lowest BCUT2D eigenvalue weighted by atomic mass is 9.91. The van der Waals surface area contributed by atoms with E-state index in [0.29, 0.717) is 18.5 Å². The lowest BCUT2D eigenvalue weighted by Gasteiger charge is -2.34. The average Bonchev–Trinajstić information content (AvgIpc) is 3.42. The highest BCUT2D eigenvalue weighted by atomic mass is 16.5. The van der Waals surface area contributed by atoms with Crippen LogP contribution in [-0.4, -0.2) is 37.6 Å². The zero-order valence-electron chi connectivity index (χ0n) is 13.4. The third-order valence-corrected chi connectivity index (χ3v) is 4.57. The molecule has 0 bridgehead atoms. The number of piperidine rings is 1. The van der Waals surface area contributed by atoms with Crippen LogP contribution in [0.1, 0.15) is 25.7 Å². The molecule has 1 heterocycles. The third-order valence-electron chi connectivity index (χ3n) is 4.57. The van der Waals surface area contributed by atoms with Crippen LogP contribution in [0.2, 0.25) is 0 Å². The van der Waals surface area contributed by atoms with Crippen LogP contribution in [0.4, 0.5) is 11.4 Å². The van der Waals surface area contributed by atoms with Gasteiger partial charge in [0.1, 0.15) is 5.60 Å². The summed E-state index contributed by atoms with van der Waals surface area (Å²) >= 11 is 0. The van der Waals surface area contributed by atoms with Gasteiger partial charge in [0.2, 0.25) is 5.91 Å². The number of nitrogens with one attached hydrogen (secondary N) is 3. The zero-order chi connectivity index (χ0) is 16.3. The van der Waals surface area contributed by atoms with Gasteiger partial charge in [0.05, 0.1) is 0 Å². The second kappa shape index (κ2) is 6.68. The standard InChI is InChI=1S/C17H23N3O3/c1-23-17(8-10-18-11-9-17)16(22)20-14-6-4-13(5-7-14)19-15(21)12-2-3-12/h4-7,12,18H,2-3,8-11H2,1H3,(H,19,21)(H,20,22). The van der Waals surface area contributed by atoms with Crippen molar-refractivity contribution in [3.8, 4) is 0 Å². The number of carbonyl (C=O) groups is 2. The van der Waals surface area contributed by atoms with Crippen LogP contribution in [0.15, 0.2) is 24.3 Å². The summed E-state index contributed by atoms with van der Waals surface area (Å²) in [4.78, 5) is 24.3. The lowest BCUT2D eigenvalue weighted by Crippen LogP contribution is -2.51. The molecule has 1 aliphatic carbocycles. The van der Waals surface area contributed by atoms with E-state index in [-0.39, 0.29) is 17.7 Å². The molecular weight excluding hydrogens is 294 g/mol. The van der Waals surface area contributed by atoms with Gasteiger partial charge in [-0.3, -0.25) is 9.59 Å². The molecule has 3 N–H and O–H groups in total. The predicted molar refractivity (Wildman–Crippen MR) is 88.3 cm³/mol. The summed E-state index contributed by atoms with van der Waals surface area (Å²) in [6, 6.07) is 7.20. The van der Waals surface area contributed by atoms with Crippen molar-refractivity contribution >= 4 is 23.2 Å². The van der Waals surface area contributed by atoms with Gasteiger partial charge in [-0.15, -0.1) is 0 Å². The fraction of sp³-hybridized carbons (Fsp3) is 0.529. The number of methoxy groups -OCH3 is 1. The maximum Gasteiger partial charge on any atom is 0.256 e. The Hall–Kier alpha value is -1.92. The van der Waals surface area contributed by atoms with Crippen molar-refractivity contribution in [2.24, 2.45) is 5.92 Å². The van der Waals surface area contributed by atoms with Crippen molar-refractivity contribution in [3.63, 3.8) is 0 Å². The Kier molecular flexibility index (Phi) is 4.63. The van der Waals surface area contributed by atoms with Crippen LogP contribution in [-0.2, 0) is 14.3 Å². The summed E-state index contributed by atoms with van der Waals surface area (Å²) in [5.41, 5.74) is 0.696. The van der Waals surface area contributed by atoms with E-state index >= 15 is 0 Å². The lowest BCUT2D eigenvalue weighted by molar-refractivity contribution is -0.140. The van der Waals surface area contributed by atoms with Crippen molar-refractivity contribution in [1.29, 1.82) is 0 Å². The number of rotatable bonds is 5. The molecule has 0 radical (unpaired) electrons. The van der Waals surface area contributed by atoms with E-state index in [1.54, 1.807) is 31.4 Å². The molecule has 2 amide bonds. The first-order valence-corrected chi connectivity index (χ1v) is 8.11. The molecule has 3 rings (SSSR count). The fourth-order valence-electron chi connectivity index (χ4n) is 2.83. The molecule has 6 heteroatoms. The van der Waals surface area contributed by atoms with Gasteiger partial charge < -0.3 is 20.7 Å². The monoisotopic (exact) mass is 317 g/mol. The van der Waals surface area contributed by atoms with Crippen molar-refractivity contribution in [3.05, 3.63) is 24.3 Å². The van der Waals surface area contributed by atoms with Crippen molar-refractivity contribution in [1.82, 2.24) is 5.32 Å². The van der Waals surface area contributed by atoms with E-state index in [9.17, 15) is 9.59 Å². The van der Waals surface area contributed by atoms with Crippen LogP contribution in [0.3, 0.4) is 0 Å². The van der Waals surface area contributed by atoms with E-state index in [0.717, 1.165) is 31.6 Å². The number of hydrogen-bond donors (Lipinski definition) is 3. The number of anilines is 2. The van der Waals surface area contributed by atoms with Gasteiger partial charge in [-0.05, 0) is 63.0 Å². The molecule has 1 saturated heterocycles. The van der Waals surface area contributed by atoms with Crippen LogP contribution < -0.4 is 16.0 Å². The summed E-state index contributed by atoms with van der Waals surface area (Å²) in [7, 11) is 1.58. The average molecular weight is 317 g/mol. The SMILES string of the molecule is COC1(C(=O)Nc2ccc(NC(=O)C3CC3)cc2)CCNCC1. The number of amides is 2. The maximum absolute atomic E-state index is 12.5. The fourth-order valence-corrected chi connectivity index (χ4v) is 2.83. The predicted octanol–water partition coefficient (Wildman–Crippen LogP) is 1.74. The van der Waals surface area contributed by atoms with Crippen LogP contribution >= 0.6 is 0 Å². The summed E-state index contributed by atoms with van der Waals surface area (Å²) < 4.78 is 5.51. The van der Waals surface area contributed by atoms with Gasteiger partial charge >= 0.3 is 0 Å². The normalized spacial score (nSPS) is 19.9. The Bertz CT molecular complexity index is 575. The number of benzene rings is 1. The Morgan fingerprint density at radius 1 is 1.09 bits per heavy atom. The molecule has 0 atom stereocenters. The summed E-state index contributed by atoms with van der Waals surface area (Å²) in [5.74, 6) is 0.141. The third kappa shape index (κ3) is 3.71. The van der Waals surface area contributed by atoms with E-state index < -0.39 is 5.60 Å². The Morgan fingerprint density at radius 2 is 1.65 bits per heavy atom. The van der Waals surface area contributed by atoms with Crippen molar-refractivity contribution in [2.75, 3.05) is 30.8 Å². The van der Waals surface area contributed by atoms with Crippen LogP contribution in [0, 0.1) is 5.92 Å². The minimum absolute atomic E-state index is 0.0785. The highest BCUT2D eigenvalue weighted by Crippen LogP contribution is 2.30. The summed E-state index contributed by atoms with van der Waals surface area (Å²) in [5, 5.41) is 9.03. The van der Waals surface area contributed by atoms with Gasteiger partial charge in [-0.2, -0.15) is 0 Å². The van der Waals surface area contributed by atoms with E-state index in [4.69, 9.17) is 4.74 Å². The highest BCUT2D eigenvalue weighted by molar-refractivity contribution is 5.98. The second-order valence-corrected chi connectivity index (χ2v) is 6.24.